The summed E-state index contributed by atoms with van der Waals surface area (Å²) >= 11 is 0. The van der Waals surface area contributed by atoms with Crippen LogP contribution in [0.5, 0.6) is 0 Å². The maximum atomic E-state index is 9.90. The van der Waals surface area contributed by atoms with Crippen molar-refractivity contribution in [1.29, 1.82) is 0 Å². The summed E-state index contributed by atoms with van der Waals surface area (Å²) in [5.74, 6) is 0.230. The molecule has 1 heteroatoms. The number of aliphatic hydroxyl groups excluding tert-OH is 1. The average Bonchev–Trinajstić information content (AvgIpc) is 2.29. The van der Waals surface area contributed by atoms with Crippen LogP contribution in [0.2, 0.25) is 0 Å². The highest BCUT2D eigenvalue weighted by atomic mass is 16.3. The van der Waals surface area contributed by atoms with Crippen LogP contribution in [0.1, 0.15) is 25.3 Å². The molecule has 15 heavy (non-hydrogen) atoms. The van der Waals surface area contributed by atoms with Crippen molar-refractivity contribution in [3.63, 3.8) is 0 Å². The highest BCUT2D eigenvalue weighted by molar-refractivity contribution is 5.14. The van der Waals surface area contributed by atoms with Gasteiger partial charge in [-0.05, 0) is 24.8 Å². The van der Waals surface area contributed by atoms with E-state index >= 15 is 0 Å². The smallest absolute Gasteiger partial charge is 0.0605 e. The molecule has 0 aliphatic carbocycles. The minimum absolute atomic E-state index is 0.230. The van der Waals surface area contributed by atoms with Crippen molar-refractivity contribution in [3.05, 3.63) is 48.6 Å². The Kier molecular flexibility index (Phi) is 5.13. The molecule has 0 saturated carbocycles. The van der Waals surface area contributed by atoms with E-state index in [0.717, 1.165) is 19.3 Å². The maximum absolute atomic E-state index is 9.90. The van der Waals surface area contributed by atoms with Crippen molar-refractivity contribution in [2.45, 2.75) is 32.3 Å². The maximum Gasteiger partial charge on any atom is 0.0605 e. The number of aryl methyl sites for hydroxylation is 1. The fourth-order valence-corrected chi connectivity index (χ4v) is 1.77. The molecule has 1 nitrogen and oxygen atoms in total. The standard InChI is InChI=1S/C14H20O/c1-3-13(4-2)14(15)11-10-12-8-6-5-7-9-12/h3,5-9,13-15H,1,4,10-11H2,2H3/t13-,14+/m1/s1. The van der Waals surface area contributed by atoms with Gasteiger partial charge in [0.2, 0.25) is 0 Å². The lowest BCUT2D eigenvalue weighted by Gasteiger charge is -2.17. The first-order chi connectivity index (χ1) is 7.27. The lowest BCUT2D eigenvalue weighted by Crippen LogP contribution is -2.18. The summed E-state index contributed by atoms with van der Waals surface area (Å²) in [6.45, 7) is 5.83. The van der Waals surface area contributed by atoms with E-state index in [-0.39, 0.29) is 12.0 Å². The Labute approximate surface area is 92.5 Å². The summed E-state index contributed by atoms with van der Waals surface area (Å²) in [7, 11) is 0. The predicted molar refractivity (Wildman–Crippen MR) is 64.7 cm³/mol. The van der Waals surface area contributed by atoms with Crippen molar-refractivity contribution < 1.29 is 5.11 Å². The summed E-state index contributed by atoms with van der Waals surface area (Å²) in [6, 6.07) is 10.3. The minimum Gasteiger partial charge on any atom is -0.393 e. The lowest BCUT2D eigenvalue weighted by molar-refractivity contribution is 0.119. The molecular weight excluding hydrogens is 184 g/mol. The molecule has 0 fully saturated rings. The molecule has 1 aromatic carbocycles. The van der Waals surface area contributed by atoms with Crippen molar-refractivity contribution >= 4 is 0 Å². The molecular formula is C14H20O. The van der Waals surface area contributed by atoms with Crippen LogP contribution in [0.3, 0.4) is 0 Å². The first-order valence-electron chi connectivity index (χ1n) is 5.62. The fraction of sp³-hybridized carbons (Fsp3) is 0.429. The van der Waals surface area contributed by atoms with E-state index in [0.29, 0.717) is 0 Å². The van der Waals surface area contributed by atoms with Gasteiger partial charge in [0.05, 0.1) is 6.10 Å². The molecule has 0 amide bonds. The van der Waals surface area contributed by atoms with E-state index in [1.165, 1.54) is 5.56 Å². The van der Waals surface area contributed by atoms with Crippen molar-refractivity contribution in [2.24, 2.45) is 5.92 Å². The van der Waals surface area contributed by atoms with Crippen molar-refractivity contribution in [2.75, 3.05) is 0 Å². The summed E-state index contributed by atoms with van der Waals surface area (Å²) in [5.41, 5.74) is 1.29. The van der Waals surface area contributed by atoms with Gasteiger partial charge in [-0.3, -0.25) is 0 Å². The van der Waals surface area contributed by atoms with Crippen LogP contribution in [-0.2, 0) is 6.42 Å². The molecule has 0 heterocycles. The molecule has 2 atom stereocenters. The van der Waals surface area contributed by atoms with Crippen LogP contribution in [0.15, 0.2) is 43.0 Å². The van der Waals surface area contributed by atoms with Gasteiger partial charge in [0.25, 0.3) is 0 Å². The lowest BCUT2D eigenvalue weighted by atomic mass is 9.94. The van der Waals surface area contributed by atoms with Gasteiger partial charge in [-0.2, -0.15) is 0 Å². The van der Waals surface area contributed by atoms with E-state index < -0.39 is 0 Å². The molecule has 0 saturated heterocycles. The summed E-state index contributed by atoms with van der Waals surface area (Å²) < 4.78 is 0. The molecule has 1 rings (SSSR count). The van der Waals surface area contributed by atoms with E-state index in [1.807, 2.05) is 24.3 Å². The second-order valence-electron chi connectivity index (χ2n) is 3.90. The molecule has 0 aromatic heterocycles. The molecule has 1 aromatic rings. The Morgan fingerprint density at radius 3 is 2.53 bits per heavy atom. The van der Waals surface area contributed by atoms with Crippen molar-refractivity contribution in [1.82, 2.24) is 0 Å². The number of hydrogen-bond donors (Lipinski definition) is 1. The Balaban J connectivity index is 2.40. The molecule has 0 aliphatic rings. The topological polar surface area (TPSA) is 20.2 Å². The second kappa shape index (κ2) is 6.41. The molecule has 82 valence electrons. The van der Waals surface area contributed by atoms with Crippen LogP contribution < -0.4 is 0 Å². The summed E-state index contributed by atoms with van der Waals surface area (Å²) in [6.07, 6.45) is 4.31. The van der Waals surface area contributed by atoms with Crippen LogP contribution >= 0.6 is 0 Å². The Hall–Kier alpha value is -1.08. The molecule has 0 spiro atoms. The van der Waals surface area contributed by atoms with Gasteiger partial charge in [-0.25, -0.2) is 0 Å². The number of rotatable bonds is 6. The zero-order valence-corrected chi connectivity index (χ0v) is 9.39. The third-order valence-corrected chi connectivity index (χ3v) is 2.84. The van der Waals surface area contributed by atoms with Crippen LogP contribution in [0.25, 0.3) is 0 Å². The SMILES string of the molecule is C=C[C@H](CC)[C@@H](O)CCc1ccccc1. The molecule has 0 unspecified atom stereocenters. The van der Waals surface area contributed by atoms with Gasteiger partial charge in [0.1, 0.15) is 0 Å². The number of benzene rings is 1. The fourth-order valence-electron chi connectivity index (χ4n) is 1.77. The Bertz CT molecular complexity index is 279. The second-order valence-corrected chi connectivity index (χ2v) is 3.90. The highest BCUT2D eigenvalue weighted by Crippen LogP contribution is 2.15. The first-order valence-corrected chi connectivity index (χ1v) is 5.62. The van der Waals surface area contributed by atoms with Gasteiger partial charge < -0.3 is 5.11 Å². The monoisotopic (exact) mass is 204 g/mol. The van der Waals surface area contributed by atoms with E-state index in [4.69, 9.17) is 0 Å². The van der Waals surface area contributed by atoms with Gasteiger partial charge in [-0.15, -0.1) is 6.58 Å². The molecule has 0 bridgehead atoms. The van der Waals surface area contributed by atoms with Crippen LogP contribution in [0, 0.1) is 5.92 Å². The van der Waals surface area contributed by atoms with E-state index in [9.17, 15) is 5.11 Å². The van der Waals surface area contributed by atoms with Crippen LogP contribution in [-0.4, -0.2) is 11.2 Å². The normalized spacial score (nSPS) is 14.5. The zero-order valence-electron chi connectivity index (χ0n) is 9.39. The van der Waals surface area contributed by atoms with E-state index in [1.54, 1.807) is 0 Å². The van der Waals surface area contributed by atoms with Crippen molar-refractivity contribution in [3.8, 4) is 0 Å². The number of hydrogen-bond acceptors (Lipinski definition) is 1. The first kappa shape index (κ1) is 12.0. The highest BCUT2D eigenvalue weighted by Gasteiger charge is 2.13. The third-order valence-electron chi connectivity index (χ3n) is 2.84. The van der Waals surface area contributed by atoms with Gasteiger partial charge >= 0.3 is 0 Å². The molecule has 0 radical (unpaired) electrons. The summed E-state index contributed by atoms with van der Waals surface area (Å²) in [5, 5.41) is 9.90. The number of aliphatic hydroxyl groups is 1. The van der Waals surface area contributed by atoms with E-state index in [2.05, 4.69) is 25.6 Å². The average molecular weight is 204 g/mol. The van der Waals surface area contributed by atoms with Crippen LogP contribution in [0.4, 0.5) is 0 Å². The minimum atomic E-state index is -0.257. The third kappa shape index (κ3) is 3.88. The van der Waals surface area contributed by atoms with Gasteiger partial charge in [-0.1, -0.05) is 43.3 Å². The molecule has 1 N–H and O–H groups in total. The summed E-state index contributed by atoms with van der Waals surface area (Å²) in [4.78, 5) is 0. The Morgan fingerprint density at radius 1 is 1.33 bits per heavy atom. The van der Waals surface area contributed by atoms with Gasteiger partial charge in [0.15, 0.2) is 0 Å². The quantitative estimate of drug-likeness (QED) is 0.705. The molecule has 0 aliphatic heterocycles. The Morgan fingerprint density at radius 2 is 2.00 bits per heavy atom. The van der Waals surface area contributed by atoms with Gasteiger partial charge in [0, 0.05) is 5.92 Å². The largest absolute Gasteiger partial charge is 0.393 e. The zero-order chi connectivity index (χ0) is 11.1. The predicted octanol–water partition coefficient (Wildman–Crippen LogP) is 3.19.